The van der Waals surface area contributed by atoms with Crippen LogP contribution in [-0.4, -0.2) is 38.0 Å². The molecule has 14 heavy (non-hydrogen) atoms. The summed E-state index contributed by atoms with van der Waals surface area (Å²) < 4.78 is 11.1. The molecule has 0 bridgehead atoms. The molecule has 2 rings (SSSR count). The number of ether oxygens (including phenoxy) is 2. The first-order chi connectivity index (χ1) is 6.76. The van der Waals surface area contributed by atoms with Crippen LogP contribution in [0.25, 0.3) is 0 Å². The summed E-state index contributed by atoms with van der Waals surface area (Å²) in [5.74, 6) is 0. The molecule has 0 aromatic carbocycles. The number of hydrogen-bond acceptors (Lipinski definition) is 3. The van der Waals surface area contributed by atoms with E-state index in [9.17, 15) is 0 Å². The molecule has 3 nitrogen and oxygen atoms in total. The Hall–Kier alpha value is -0.120. The third-order valence-corrected chi connectivity index (χ3v) is 3.76. The van der Waals surface area contributed by atoms with Crippen molar-refractivity contribution in [1.82, 2.24) is 5.32 Å². The molecule has 1 saturated carbocycles. The summed E-state index contributed by atoms with van der Waals surface area (Å²) in [6.45, 7) is 4.03. The van der Waals surface area contributed by atoms with Gasteiger partial charge in [0.05, 0.1) is 11.7 Å². The van der Waals surface area contributed by atoms with Gasteiger partial charge in [-0.25, -0.2) is 0 Å². The second-order valence-electron chi connectivity index (χ2n) is 4.59. The highest BCUT2D eigenvalue weighted by Gasteiger charge is 2.38. The van der Waals surface area contributed by atoms with Gasteiger partial charge in [0, 0.05) is 26.3 Å². The standard InChI is InChI=1S/C11H21NO2/c1-9-10(4-7-14-9)12-8-11(13-2)5-3-6-11/h9-10,12H,3-8H2,1-2H3. The van der Waals surface area contributed by atoms with E-state index in [0.29, 0.717) is 12.1 Å². The summed E-state index contributed by atoms with van der Waals surface area (Å²) in [6.07, 6.45) is 5.23. The fourth-order valence-corrected chi connectivity index (χ4v) is 2.34. The van der Waals surface area contributed by atoms with Gasteiger partial charge >= 0.3 is 0 Å². The van der Waals surface area contributed by atoms with E-state index in [1.54, 1.807) is 0 Å². The minimum absolute atomic E-state index is 0.141. The van der Waals surface area contributed by atoms with Crippen molar-refractivity contribution in [3.05, 3.63) is 0 Å². The lowest BCUT2D eigenvalue weighted by molar-refractivity contribution is -0.0717. The Morgan fingerprint density at radius 2 is 2.29 bits per heavy atom. The molecule has 0 aromatic rings. The largest absolute Gasteiger partial charge is 0.377 e. The van der Waals surface area contributed by atoms with Gasteiger partial charge in [-0.2, -0.15) is 0 Å². The van der Waals surface area contributed by atoms with E-state index in [1.165, 1.54) is 19.3 Å². The molecule has 1 saturated heterocycles. The predicted molar refractivity (Wildman–Crippen MR) is 55.4 cm³/mol. The molecule has 1 aliphatic heterocycles. The van der Waals surface area contributed by atoms with Crippen molar-refractivity contribution >= 4 is 0 Å². The van der Waals surface area contributed by atoms with Crippen LogP contribution in [0.3, 0.4) is 0 Å². The van der Waals surface area contributed by atoms with Crippen LogP contribution < -0.4 is 5.32 Å². The van der Waals surface area contributed by atoms with Gasteiger partial charge in [0.15, 0.2) is 0 Å². The third kappa shape index (κ3) is 1.95. The molecule has 2 atom stereocenters. The van der Waals surface area contributed by atoms with E-state index in [2.05, 4.69) is 12.2 Å². The summed E-state index contributed by atoms with van der Waals surface area (Å²) in [5, 5.41) is 3.58. The molecule has 3 heteroatoms. The summed E-state index contributed by atoms with van der Waals surface area (Å²) in [4.78, 5) is 0. The first-order valence-electron chi connectivity index (χ1n) is 5.66. The Balaban J connectivity index is 1.75. The lowest BCUT2D eigenvalue weighted by atomic mass is 9.79. The molecule has 1 N–H and O–H groups in total. The van der Waals surface area contributed by atoms with Crippen LogP contribution >= 0.6 is 0 Å². The van der Waals surface area contributed by atoms with E-state index >= 15 is 0 Å². The van der Waals surface area contributed by atoms with Gasteiger partial charge in [-0.15, -0.1) is 0 Å². The third-order valence-electron chi connectivity index (χ3n) is 3.76. The maximum absolute atomic E-state index is 5.57. The molecule has 1 heterocycles. The minimum atomic E-state index is 0.141. The highest BCUT2D eigenvalue weighted by molar-refractivity contribution is 4.93. The maximum Gasteiger partial charge on any atom is 0.0802 e. The van der Waals surface area contributed by atoms with Crippen molar-refractivity contribution in [3.63, 3.8) is 0 Å². The average Bonchev–Trinajstić information content (AvgIpc) is 2.51. The van der Waals surface area contributed by atoms with E-state index < -0.39 is 0 Å². The molecule has 0 aromatic heterocycles. The fraction of sp³-hybridized carbons (Fsp3) is 1.00. The van der Waals surface area contributed by atoms with Crippen LogP contribution in [-0.2, 0) is 9.47 Å². The van der Waals surface area contributed by atoms with Crippen molar-refractivity contribution in [2.24, 2.45) is 0 Å². The Morgan fingerprint density at radius 3 is 2.71 bits per heavy atom. The van der Waals surface area contributed by atoms with Gasteiger partial charge in [-0.1, -0.05) is 0 Å². The van der Waals surface area contributed by atoms with Crippen LogP contribution in [0.5, 0.6) is 0 Å². The quantitative estimate of drug-likeness (QED) is 0.741. The molecule has 2 unspecified atom stereocenters. The number of rotatable bonds is 4. The van der Waals surface area contributed by atoms with E-state index in [-0.39, 0.29) is 5.60 Å². The van der Waals surface area contributed by atoms with E-state index in [4.69, 9.17) is 9.47 Å². The van der Waals surface area contributed by atoms with Crippen LogP contribution in [0.15, 0.2) is 0 Å². The predicted octanol–water partition coefficient (Wildman–Crippen LogP) is 1.32. The maximum atomic E-state index is 5.57. The summed E-state index contributed by atoms with van der Waals surface area (Å²) >= 11 is 0. The minimum Gasteiger partial charge on any atom is -0.377 e. The SMILES string of the molecule is COC1(CNC2CCOC2C)CCC1. The molecule has 1 aliphatic carbocycles. The molecule has 0 amide bonds. The highest BCUT2D eigenvalue weighted by atomic mass is 16.5. The summed E-state index contributed by atoms with van der Waals surface area (Å²) in [6, 6.07) is 0.530. The molecule has 82 valence electrons. The smallest absolute Gasteiger partial charge is 0.0802 e. The van der Waals surface area contributed by atoms with Crippen molar-refractivity contribution in [1.29, 1.82) is 0 Å². The highest BCUT2D eigenvalue weighted by Crippen LogP contribution is 2.34. The zero-order valence-electron chi connectivity index (χ0n) is 9.21. The number of hydrogen-bond donors (Lipinski definition) is 1. The fourth-order valence-electron chi connectivity index (χ4n) is 2.34. The lowest BCUT2D eigenvalue weighted by Gasteiger charge is -2.41. The Kier molecular flexibility index (Phi) is 3.10. The zero-order valence-corrected chi connectivity index (χ0v) is 9.21. The van der Waals surface area contributed by atoms with Gasteiger partial charge in [0.2, 0.25) is 0 Å². The van der Waals surface area contributed by atoms with Gasteiger partial charge in [-0.3, -0.25) is 0 Å². The van der Waals surface area contributed by atoms with Gasteiger partial charge < -0.3 is 14.8 Å². The normalized spacial score (nSPS) is 35.6. The van der Waals surface area contributed by atoms with E-state index in [0.717, 1.165) is 19.6 Å². The van der Waals surface area contributed by atoms with Crippen LogP contribution in [0, 0.1) is 0 Å². The molecular formula is C11H21NO2. The van der Waals surface area contributed by atoms with E-state index in [1.807, 2.05) is 7.11 Å². The Labute approximate surface area is 86.2 Å². The van der Waals surface area contributed by atoms with Crippen molar-refractivity contribution < 1.29 is 9.47 Å². The Bertz CT molecular complexity index is 186. The van der Waals surface area contributed by atoms with Gasteiger partial charge in [0.25, 0.3) is 0 Å². The monoisotopic (exact) mass is 199 g/mol. The van der Waals surface area contributed by atoms with Crippen molar-refractivity contribution in [3.8, 4) is 0 Å². The number of nitrogens with one attached hydrogen (secondary N) is 1. The molecular weight excluding hydrogens is 178 g/mol. The number of methoxy groups -OCH3 is 1. The topological polar surface area (TPSA) is 30.5 Å². The zero-order chi connectivity index (χ0) is 10.0. The lowest BCUT2D eigenvalue weighted by Crippen LogP contribution is -2.51. The van der Waals surface area contributed by atoms with Gasteiger partial charge in [0.1, 0.15) is 0 Å². The molecule has 2 aliphatic rings. The molecule has 2 fully saturated rings. The second-order valence-corrected chi connectivity index (χ2v) is 4.59. The first-order valence-corrected chi connectivity index (χ1v) is 5.66. The van der Waals surface area contributed by atoms with Crippen molar-refractivity contribution in [2.75, 3.05) is 20.3 Å². The van der Waals surface area contributed by atoms with Crippen LogP contribution in [0.2, 0.25) is 0 Å². The van der Waals surface area contributed by atoms with Crippen LogP contribution in [0.4, 0.5) is 0 Å². The Morgan fingerprint density at radius 1 is 1.50 bits per heavy atom. The molecule has 0 radical (unpaired) electrons. The second kappa shape index (κ2) is 4.17. The first kappa shape index (κ1) is 10.4. The van der Waals surface area contributed by atoms with Gasteiger partial charge in [-0.05, 0) is 32.6 Å². The van der Waals surface area contributed by atoms with Crippen molar-refractivity contribution in [2.45, 2.75) is 50.4 Å². The average molecular weight is 199 g/mol. The summed E-state index contributed by atoms with van der Waals surface area (Å²) in [5.41, 5.74) is 0.141. The van der Waals surface area contributed by atoms with Crippen LogP contribution in [0.1, 0.15) is 32.6 Å². The summed E-state index contributed by atoms with van der Waals surface area (Å²) in [7, 11) is 1.83. The molecule has 0 spiro atoms.